The van der Waals surface area contributed by atoms with E-state index in [1.165, 1.54) is 0 Å². The number of hydrogen-bond acceptors (Lipinski definition) is 3. The van der Waals surface area contributed by atoms with E-state index in [9.17, 15) is 14.7 Å². The summed E-state index contributed by atoms with van der Waals surface area (Å²) in [7, 11) is 1.92. The van der Waals surface area contributed by atoms with Crippen LogP contribution in [0.15, 0.2) is 12.2 Å². The number of nitrogens with zero attached hydrogens (tertiary/aromatic N) is 1. The van der Waals surface area contributed by atoms with E-state index >= 15 is 0 Å². The first-order valence-corrected chi connectivity index (χ1v) is 8.97. The number of amides is 1. The number of fused-ring (bicyclic) bond motifs is 5. The molecule has 7 atom stereocenters. The molecule has 1 aliphatic heterocycles. The topological polar surface area (TPSA) is 57.6 Å². The van der Waals surface area contributed by atoms with Crippen molar-refractivity contribution < 1.29 is 14.7 Å². The Morgan fingerprint density at radius 3 is 2.65 bits per heavy atom. The van der Waals surface area contributed by atoms with E-state index < -0.39 is 6.10 Å². The third kappa shape index (κ3) is 1.81. The molecule has 4 aliphatic rings. The maximum absolute atomic E-state index is 12.5. The molecule has 3 fully saturated rings. The predicted molar refractivity (Wildman–Crippen MR) is 86.5 cm³/mol. The number of aliphatic hydroxyl groups excluding tert-OH is 1. The first-order chi connectivity index (χ1) is 10.8. The second kappa shape index (κ2) is 4.69. The second-order valence-corrected chi connectivity index (χ2v) is 8.69. The molecule has 4 nitrogen and oxygen atoms in total. The number of hydrogen-bond donors (Lipinski definition) is 1. The van der Waals surface area contributed by atoms with Gasteiger partial charge in [-0.1, -0.05) is 19.9 Å². The Morgan fingerprint density at radius 2 is 1.91 bits per heavy atom. The molecule has 1 heterocycles. The minimum atomic E-state index is -0.763. The van der Waals surface area contributed by atoms with Crippen LogP contribution in [0.25, 0.3) is 0 Å². The lowest BCUT2D eigenvalue weighted by molar-refractivity contribution is -0.143. The van der Waals surface area contributed by atoms with E-state index in [0.717, 1.165) is 25.7 Å². The summed E-state index contributed by atoms with van der Waals surface area (Å²) in [5.41, 5.74) is -0.326. The monoisotopic (exact) mass is 317 g/mol. The van der Waals surface area contributed by atoms with E-state index in [1.807, 2.05) is 11.9 Å². The largest absolute Gasteiger partial charge is 0.385 e. The van der Waals surface area contributed by atoms with E-state index in [4.69, 9.17) is 0 Å². The van der Waals surface area contributed by atoms with Crippen molar-refractivity contribution in [3.8, 4) is 0 Å². The van der Waals surface area contributed by atoms with Crippen LogP contribution in [0.2, 0.25) is 0 Å². The molecule has 0 aromatic heterocycles. The van der Waals surface area contributed by atoms with Crippen LogP contribution in [0, 0.1) is 28.6 Å². The number of rotatable bonds is 0. The Bertz CT molecular complexity index is 599. The highest BCUT2D eigenvalue weighted by molar-refractivity contribution is 5.91. The summed E-state index contributed by atoms with van der Waals surface area (Å²) in [5, 5.41) is 10.1. The molecule has 3 aliphatic carbocycles. The Morgan fingerprint density at radius 1 is 1.17 bits per heavy atom. The molecule has 0 spiro atoms. The minimum absolute atomic E-state index is 0.00347. The predicted octanol–water partition coefficient (Wildman–Crippen LogP) is 2.17. The van der Waals surface area contributed by atoms with Crippen LogP contribution in [0.1, 0.15) is 46.0 Å². The van der Waals surface area contributed by atoms with Crippen LogP contribution in [0.4, 0.5) is 0 Å². The van der Waals surface area contributed by atoms with Crippen LogP contribution < -0.4 is 0 Å². The van der Waals surface area contributed by atoms with Crippen molar-refractivity contribution in [3.05, 3.63) is 12.2 Å². The van der Waals surface area contributed by atoms with Gasteiger partial charge in [0.25, 0.3) is 0 Å². The summed E-state index contributed by atoms with van der Waals surface area (Å²) in [6, 6.07) is 0.271. The van der Waals surface area contributed by atoms with Gasteiger partial charge >= 0.3 is 0 Å². The molecule has 0 saturated heterocycles. The molecule has 0 radical (unpaired) electrons. The second-order valence-electron chi connectivity index (χ2n) is 8.69. The highest BCUT2D eigenvalue weighted by atomic mass is 16.3. The lowest BCUT2D eigenvalue weighted by atomic mass is 9.48. The molecule has 0 aromatic carbocycles. The van der Waals surface area contributed by atoms with E-state index in [0.29, 0.717) is 24.2 Å². The number of carbonyl (C=O) groups is 2. The summed E-state index contributed by atoms with van der Waals surface area (Å²) in [4.78, 5) is 26.4. The third-order valence-electron chi connectivity index (χ3n) is 7.86. The van der Waals surface area contributed by atoms with Gasteiger partial charge in [0.2, 0.25) is 5.91 Å². The third-order valence-corrected chi connectivity index (χ3v) is 7.86. The number of likely N-dealkylation sites (N-methyl/N-ethyl adjacent to an activating group) is 1. The molecule has 4 rings (SSSR count). The van der Waals surface area contributed by atoms with Gasteiger partial charge in [0.15, 0.2) is 5.78 Å². The minimum Gasteiger partial charge on any atom is -0.385 e. The van der Waals surface area contributed by atoms with E-state index in [1.54, 1.807) is 6.08 Å². The Kier molecular flexibility index (Phi) is 3.13. The first kappa shape index (κ1) is 15.4. The van der Waals surface area contributed by atoms with Crippen molar-refractivity contribution in [2.75, 3.05) is 7.05 Å². The van der Waals surface area contributed by atoms with Gasteiger partial charge in [0.1, 0.15) is 6.10 Å². The van der Waals surface area contributed by atoms with Crippen LogP contribution in [-0.2, 0) is 9.59 Å². The fourth-order valence-corrected chi connectivity index (χ4v) is 6.53. The number of aliphatic hydroxyl groups is 1. The molecular weight excluding hydrogens is 290 g/mol. The molecule has 2 unspecified atom stereocenters. The van der Waals surface area contributed by atoms with Gasteiger partial charge in [0.05, 0.1) is 0 Å². The zero-order chi connectivity index (χ0) is 16.6. The van der Waals surface area contributed by atoms with Crippen molar-refractivity contribution in [2.24, 2.45) is 28.6 Å². The van der Waals surface area contributed by atoms with Crippen molar-refractivity contribution in [2.45, 2.75) is 58.1 Å². The fraction of sp³-hybridized carbons (Fsp3) is 0.789. The SMILES string of the molecule is CN1C(=O)C=C[C@]2(C)C3CC[C@]4(C)C(=O)[C@@H](O)C[C@H]4C3CC[C@@H]12. The number of Topliss-reactive ketones (excluding diaryl/α,β-unsaturated/α-hetero) is 1. The van der Waals surface area contributed by atoms with Gasteiger partial charge in [-0.15, -0.1) is 0 Å². The summed E-state index contributed by atoms with van der Waals surface area (Å²) in [5.74, 6) is 1.47. The molecule has 0 bridgehead atoms. The van der Waals surface area contributed by atoms with Crippen LogP contribution >= 0.6 is 0 Å². The van der Waals surface area contributed by atoms with Crippen molar-refractivity contribution in [1.29, 1.82) is 0 Å². The van der Waals surface area contributed by atoms with E-state index in [2.05, 4.69) is 19.9 Å². The molecule has 3 saturated carbocycles. The zero-order valence-corrected chi connectivity index (χ0v) is 14.3. The standard InChI is InChI=1S/C19H27NO3/c1-18-9-7-16(22)20(3)15(18)5-4-11-12(18)6-8-19(2)13(11)10-14(21)17(19)23/h7,9,11-15,21H,4-6,8,10H2,1-3H3/t11?,12?,13-,14-,15+,18+,19-/m0/s1. The van der Waals surface area contributed by atoms with Gasteiger partial charge < -0.3 is 10.0 Å². The van der Waals surface area contributed by atoms with Gasteiger partial charge in [0, 0.05) is 23.9 Å². The average molecular weight is 317 g/mol. The Hall–Kier alpha value is -1.16. The summed E-state index contributed by atoms with van der Waals surface area (Å²) in [6.07, 6.45) is 7.72. The highest BCUT2D eigenvalue weighted by Crippen LogP contribution is 2.62. The molecule has 1 amide bonds. The Labute approximate surface area is 137 Å². The smallest absolute Gasteiger partial charge is 0.246 e. The van der Waals surface area contributed by atoms with Gasteiger partial charge in [-0.3, -0.25) is 9.59 Å². The summed E-state index contributed by atoms with van der Waals surface area (Å²) in [6.45, 7) is 4.37. The van der Waals surface area contributed by atoms with E-state index in [-0.39, 0.29) is 28.6 Å². The maximum atomic E-state index is 12.5. The molecule has 23 heavy (non-hydrogen) atoms. The van der Waals surface area contributed by atoms with Crippen molar-refractivity contribution >= 4 is 11.7 Å². The van der Waals surface area contributed by atoms with Crippen LogP contribution in [0.3, 0.4) is 0 Å². The lowest BCUT2D eigenvalue weighted by Gasteiger charge is -2.59. The number of carbonyl (C=O) groups excluding carboxylic acids is 2. The summed E-state index contributed by atoms with van der Waals surface area (Å²) >= 11 is 0. The molecule has 4 heteroatoms. The lowest BCUT2D eigenvalue weighted by Crippen LogP contribution is -2.59. The Balaban J connectivity index is 1.71. The van der Waals surface area contributed by atoms with Gasteiger partial charge in [-0.25, -0.2) is 0 Å². The van der Waals surface area contributed by atoms with Crippen LogP contribution in [0.5, 0.6) is 0 Å². The molecule has 126 valence electrons. The van der Waals surface area contributed by atoms with Gasteiger partial charge in [-0.2, -0.15) is 0 Å². The van der Waals surface area contributed by atoms with Gasteiger partial charge in [-0.05, 0) is 55.9 Å². The first-order valence-electron chi connectivity index (χ1n) is 8.97. The quantitative estimate of drug-likeness (QED) is 0.745. The number of ketones is 1. The normalized spacial score (nSPS) is 52.2. The van der Waals surface area contributed by atoms with Crippen molar-refractivity contribution in [1.82, 2.24) is 4.90 Å². The summed E-state index contributed by atoms with van der Waals surface area (Å²) < 4.78 is 0. The molecule has 0 aromatic rings. The average Bonchev–Trinajstić information content (AvgIpc) is 2.75. The highest BCUT2D eigenvalue weighted by Gasteiger charge is 2.62. The fourth-order valence-electron chi connectivity index (χ4n) is 6.53. The molecular formula is C19H27NO3. The molecule has 1 N–H and O–H groups in total. The zero-order valence-electron chi connectivity index (χ0n) is 14.3. The maximum Gasteiger partial charge on any atom is 0.246 e. The van der Waals surface area contributed by atoms with Crippen molar-refractivity contribution in [3.63, 3.8) is 0 Å². The van der Waals surface area contributed by atoms with Crippen LogP contribution in [-0.4, -0.2) is 40.9 Å².